The van der Waals surface area contributed by atoms with Gasteiger partial charge in [0, 0.05) is 24.3 Å². The molecule has 0 aromatic heterocycles. The second-order valence-electron chi connectivity index (χ2n) is 4.73. The number of carbonyl (C=O) groups excluding carboxylic acids is 1. The monoisotopic (exact) mass is 189 g/mol. The quantitative estimate of drug-likeness (QED) is 0.665. The van der Waals surface area contributed by atoms with Crippen molar-refractivity contribution in [3.8, 4) is 0 Å². The average Bonchev–Trinajstić information content (AvgIpc) is 2.14. The SMILES string of the molecule is CC1(C)CN(c2ccc(C=O)cc2)C1. The van der Waals surface area contributed by atoms with Gasteiger partial charge in [0.1, 0.15) is 6.29 Å². The molecule has 1 aliphatic rings. The molecule has 0 saturated carbocycles. The number of benzene rings is 1. The van der Waals surface area contributed by atoms with Gasteiger partial charge in [0.15, 0.2) is 0 Å². The van der Waals surface area contributed by atoms with E-state index in [-0.39, 0.29) is 0 Å². The fourth-order valence-corrected chi connectivity index (χ4v) is 1.93. The lowest BCUT2D eigenvalue weighted by Gasteiger charge is -2.47. The lowest BCUT2D eigenvalue weighted by atomic mass is 9.84. The van der Waals surface area contributed by atoms with Gasteiger partial charge in [0.2, 0.25) is 0 Å². The van der Waals surface area contributed by atoms with E-state index in [0.717, 1.165) is 24.9 Å². The fraction of sp³-hybridized carbons (Fsp3) is 0.417. The van der Waals surface area contributed by atoms with Gasteiger partial charge < -0.3 is 4.90 Å². The lowest BCUT2D eigenvalue weighted by molar-refractivity contribution is 0.112. The van der Waals surface area contributed by atoms with E-state index in [1.54, 1.807) is 0 Å². The van der Waals surface area contributed by atoms with Crippen LogP contribution < -0.4 is 4.90 Å². The molecule has 1 aromatic rings. The van der Waals surface area contributed by atoms with Crippen LogP contribution in [0.25, 0.3) is 0 Å². The summed E-state index contributed by atoms with van der Waals surface area (Å²) in [4.78, 5) is 12.8. The number of carbonyl (C=O) groups is 1. The largest absolute Gasteiger partial charge is 0.370 e. The van der Waals surface area contributed by atoms with Crippen LogP contribution in [0.2, 0.25) is 0 Å². The maximum Gasteiger partial charge on any atom is 0.150 e. The van der Waals surface area contributed by atoms with Crippen LogP contribution in [0.1, 0.15) is 24.2 Å². The number of anilines is 1. The first-order valence-corrected chi connectivity index (χ1v) is 4.91. The van der Waals surface area contributed by atoms with Crippen molar-refractivity contribution in [2.75, 3.05) is 18.0 Å². The van der Waals surface area contributed by atoms with Gasteiger partial charge in [-0.15, -0.1) is 0 Å². The van der Waals surface area contributed by atoms with Crippen molar-refractivity contribution in [1.29, 1.82) is 0 Å². The lowest BCUT2D eigenvalue weighted by Crippen LogP contribution is -2.53. The second kappa shape index (κ2) is 3.12. The molecule has 0 radical (unpaired) electrons. The molecular weight excluding hydrogens is 174 g/mol. The van der Waals surface area contributed by atoms with Crippen LogP contribution in [0.15, 0.2) is 24.3 Å². The normalized spacial score (nSPS) is 18.9. The Labute approximate surface area is 84.5 Å². The van der Waals surface area contributed by atoms with Gasteiger partial charge in [0.05, 0.1) is 0 Å². The number of aldehydes is 1. The van der Waals surface area contributed by atoms with Crippen LogP contribution in [-0.4, -0.2) is 19.4 Å². The van der Waals surface area contributed by atoms with Crippen molar-refractivity contribution in [3.05, 3.63) is 29.8 Å². The molecule has 0 unspecified atom stereocenters. The Morgan fingerprint density at radius 1 is 1.21 bits per heavy atom. The van der Waals surface area contributed by atoms with Crippen LogP contribution >= 0.6 is 0 Å². The molecule has 1 aromatic carbocycles. The Bertz CT molecular complexity index is 332. The Balaban J connectivity index is 2.08. The highest BCUT2D eigenvalue weighted by molar-refractivity contribution is 5.75. The van der Waals surface area contributed by atoms with Gasteiger partial charge in [-0.1, -0.05) is 13.8 Å². The molecule has 2 rings (SSSR count). The van der Waals surface area contributed by atoms with Crippen LogP contribution in [0.5, 0.6) is 0 Å². The van der Waals surface area contributed by atoms with E-state index >= 15 is 0 Å². The molecule has 0 spiro atoms. The predicted molar refractivity (Wildman–Crippen MR) is 57.8 cm³/mol. The summed E-state index contributed by atoms with van der Waals surface area (Å²) in [6.45, 7) is 6.74. The zero-order valence-corrected chi connectivity index (χ0v) is 8.66. The third kappa shape index (κ3) is 1.65. The third-order valence-corrected chi connectivity index (χ3v) is 2.63. The highest BCUT2D eigenvalue weighted by Gasteiger charge is 2.33. The summed E-state index contributed by atoms with van der Waals surface area (Å²) in [5, 5.41) is 0. The summed E-state index contributed by atoms with van der Waals surface area (Å²) in [7, 11) is 0. The molecule has 2 heteroatoms. The molecule has 0 atom stereocenters. The van der Waals surface area contributed by atoms with Gasteiger partial charge in [-0.2, -0.15) is 0 Å². The molecule has 0 aliphatic carbocycles. The maximum absolute atomic E-state index is 10.5. The smallest absolute Gasteiger partial charge is 0.150 e. The summed E-state index contributed by atoms with van der Waals surface area (Å²) in [5.74, 6) is 0. The van der Waals surface area contributed by atoms with E-state index < -0.39 is 0 Å². The van der Waals surface area contributed by atoms with Crippen LogP contribution in [-0.2, 0) is 0 Å². The molecule has 1 heterocycles. The summed E-state index contributed by atoms with van der Waals surface area (Å²) in [6.07, 6.45) is 0.879. The summed E-state index contributed by atoms with van der Waals surface area (Å²) < 4.78 is 0. The first kappa shape index (κ1) is 9.25. The Morgan fingerprint density at radius 3 is 2.21 bits per heavy atom. The van der Waals surface area contributed by atoms with Crippen molar-refractivity contribution in [2.24, 2.45) is 5.41 Å². The third-order valence-electron chi connectivity index (χ3n) is 2.63. The number of hydrogen-bond acceptors (Lipinski definition) is 2. The minimum Gasteiger partial charge on any atom is -0.370 e. The zero-order valence-electron chi connectivity index (χ0n) is 8.66. The maximum atomic E-state index is 10.5. The van der Waals surface area contributed by atoms with Gasteiger partial charge in [-0.05, 0) is 29.7 Å². The zero-order chi connectivity index (χ0) is 10.2. The molecule has 0 amide bonds. The molecule has 74 valence electrons. The van der Waals surface area contributed by atoms with E-state index in [1.165, 1.54) is 5.69 Å². The van der Waals surface area contributed by atoms with E-state index in [2.05, 4.69) is 18.7 Å². The van der Waals surface area contributed by atoms with Gasteiger partial charge in [0.25, 0.3) is 0 Å². The first-order valence-electron chi connectivity index (χ1n) is 4.91. The molecule has 1 saturated heterocycles. The minimum absolute atomic E-state index is 0.448. The van der Waals surface area contributed by atoms with E-state index in [0.29, 0.717) is 5.41 Å². The van der Waals surface area contributed by atoms with Crippen LogP contribution in [0, 0.1) is 5.41 Å². The molecule has 1 aliphatic heterocycles. The van der Waals surface area contributed by atoms with Gasteiger partial charge >= 0.3 is 0 Å². The van der Waals surface area contributed by atoms with E-state index in [4.69, 9.17) is 0 Å². The van der Waals surface area contributed by atoms with Crippen molar-refractivity contribution in [2.45, 2.75) is 13.8 Å². The summed E-state index contributed by atoms with van der Waals surface area (Å²) in [6, 6.07) is 7.76. The fourth-order valence-electron chi connectivity index (χ4n) is 1.93. The average molecular weight is 189 g/mol. The summed E-state index contributed by atoms with van der Waals surface area (Å²) in [5.41, 5.74) is 2.41. The van der Waals surface area contributed by atoms with E-state index in [1.807, 2.05) is 24.3 Å². The molecule has 14 heavy (non-hydrogen) atoms. The van der Waals surface area contributed by atoms with Crippen molar-refractivity contribution < 1.29 is 4.79 Å². The molecule has 1 fully saturated rings. The Hall–Kier alpha value is -1.31. The van der Waals surface area contributed by atoms with E-state index in [9.17, 15) is 4.79 Å². The Kier molecular flexibility index (Phi) is 2.06. The molecule has 0 bridgehead atoms. The molecule has 2 nitrogen and oxygen atoms in total. The number of nitrogens with zero attached hydrogens (tertiary/aromatic N) is 1. The summed E-state index contributed by atoms with van der Waals surface area (Å²) >= 11 is 0. The van der Waals surface area contributed by atoms with Crippen LogP contribution in [0.4, 0.5) is 5.69 Å². The highest BCUT2D eigenvalue weighted by Crippen LogP contribution is 2.33. The Morgan fingerprint density at radius 2 is 1.79 bits per heavy atom. The molecule has 0 N–H and O–H groups in total. The number of rotatable bonds is 2. The highest BCUT2D eigenvalue weighted by atomic mass is 16.1. The first-order chi connectivity index (χ1) is 6.61. The van der Waals surface area contributed by atoms with Crippen molar-refractivity contribution >= 4 is 12.0 Å². The van der Waals surface area contributed by atoms with Crippen LogP contribution in [0.3, 0.4) is 0 Å². The number of hydrogen-bond donors (Lipinski definition) is 0. The molecular formula is C12H15NO. The minimum atomic E-state index is 0.448. The van der Waals surface area contributed by atoms with Crippen molar-refractivity contribution in [1.82, 2.24) is 0 Å². The standard InChI is InChI=1S/C12H15NO/c1-12(2)8-13(9-12)11-5-3-10(7-14)4-6-11/h3-7H,8-9H2,1-2H3. The second-order valence-corrected chi connectivity index (χ2v) is 4.73. The topological polar surface area (TPSA) is 20.3 Å². The van der Waals surface area contributed by atoms with Gasteiger partial charge in [-0.25, -0.2) is 0 Å². The van der Waals surface area contributed by atoms with Crippen molar-refractivity contribution in [3.63, 3.8) is 0 Å². The predicted octanol–water partition coefficient (Wildman–Crippen LogP) is 2.35. The van der Waals surface area contributed by atoms with Gasteiger partial charge in [-0.3, -0.25) is 4.79 Å².